The Morgan fingerprint density at radius 1 is 1.30 bits per heavy atom. The molecule has 0 fully saturated rings. The number of hydrogen-bond acceptors (Lipinski definition) is 1. The van der Waals surface area contributed by atoms with E-state index in [1.807, 2.05) is 6.92 Å². The molecule has 0 bridgehead atoms. The number of nitrogens with zero attached hydrogens (tertiary/aromatic N) is 1. The summed E-state index contributed by atoms with van der Waals surface area (Å²) in [6.07, 6.45) is 0.0243. The molecule has 0 saturated carbocycles. The quantitative estimate of drug-likeness (QED) is 0.557. The van der Waals surface area contributed by atoms with E-state index in [1.165, 1.54) is 11.9 Å². The lowest BCUT2D eigenvalue weighted by Gasteiger charge is -2.22. The van der Waals surface area contributed by atoms with Crippen molar-refractivity contribution in [3.05, 3.63) is 0 Å². The molecule has 0 amide bonds. The van der Waals surface area contributed by atoms with Crippen molar-refractivity contribution in [3.8, 4) is 0 Å². The van der Waals surface area contributed by atoms with Crippen molar-refractivity contribution in [1.29, 1.82) is 0 Å². The first kappa shape index (κ1) is 9.81. The van der Waals surface area contributed by atoms with Gasteiger partial charge in [0, 0.05) is 0 Å². The average molecular weight is 154 g/mol. The molecular formula is C5H12BF3N-. The van der Waals surface area contributed by atoms with Crippen molar-refractivity contribution in [2.24, 2.45) is 0 Å². The monoisotopic (exact) mass is 154 g/mol. The fraction of sp³-hybridized carbons (Fsp3) is 1.00. The Morgan fingerprint density at radius 3 is 2.10 bits per heavy atom. The van der Waals surface area contributed by atoms with Gasteiger partial charge in [-0.15, -0.1) is 0 Å². The summed E-state index contributed by atoms with van der Waals surface area (Å²) < 4.78 is 35.0. The fourth-order valence-electron chi connectivity index (χ4n) is 0.826. The Labute approximate surface area is 59.3 Å². The Kier molecular flexibility index (Phi) is 3.79. The second-order valence-electron chi connectivity index (χ2n) is 2.47. The molecule has 10 heavy (non-hydrogen) atoms. The summed E-state index contributed by atoms with van der Waals surface area (Å²) in [7, 11) is 1.48. The molecule has 0 aromatic rings. The number of halogens is 3. The van der Waals surface area contributed by atoms with Crippen LogP contribution in [-0.2, 0) is 0 Å². The fourth-order valence-corrected chi connectivity index (χ4v) is 0.826. The van der Waals surface area contributed by atoms with Crippen molar-refractivity contribution in [2.45, 2.75) is 13.3 Å². The summed E-state index contributed by atoms with van der Waals surface area (Å²) in [5.41, 5.74) is 0. The number of rotatable bonds is 4. The second-order valence-corrected chi connectivity index (χ2v) is 2.47. The maximum absolute atomic E-state index is 11.7. The lowest BCUT2D eigenvalue weighted by molar-refractivity contribution is 0.329. The van der Waals surface area contributed by atoms with Crippen LogP contribution in [0.2, 0.25) is 0 Å². The summed E-state index contributed by atoms with van der Waals surface area (Å²) in [5.74, 6) is 0. The molecule has 0 N–H and O–H groups in total. The number of hydrogen-bond donors (Lipinski definition) is 0. The first-order valence-electron chi connectivity index (χ1n) is 3.35. The van der Waals surface area contributed by atoms with Gasteiger partial charge in [-0.25, -0.2) is 0 Å². The van der Waals surface area contributed by atoms with Gasteiger partial charge in [-0.1, -0.05) is 6.92 Å². The van der Waals surface area contributed by atoms with E-state index in [2.05, 4.69) is 0 Å². The van der Waals surface area contributed by atoms with Gasteiger partial charge in [0.25, 0.3) is 0 Å². The standard InChI is InChI=1S/C5H12BF3N/c1-3-4-10(2)5-6(7,8)9/h3-5H2,1-2H3/q-1. The molecule has 0 aliphatic carbocycles. The highest BCUT2D eigenvalue weighted by molar-refractivity contribution is 6.58. The highest BCUT2D eigenvalue weighted by Crippen LogP contribution is 2.08. The van der Waals surface area contributed by atoms with Crippen LogP contribution in [0.3, 0.4) is 0 Å². The van der Waals surface area contributed by atoms with Crippen LogP contribution in [0.5, 0.6) is 0 Å². The largest absolute Gasteiger partial charge is 0.492 e. The van der Waals surface area contributed by atoms with Gasteiger partial charge < -0.3 is 17.8 Å². The summed E-state index contributed by atoms with van der Waals surface area (Å²) in [5, 5.41) is 0. The van der Waals surface area contributed by atoms with Gasteiger partial charge in [-0.05, 0) is 26.5 Å². The molecule has 0 heterocycles. The molecule has 0 aliphatic rings. The molecule has 0 unspecified atom stereocenters. The van der Waals surface area contributed by atoms with E-state index in [4.69, 9.17) is 0 Å². The van der Waals surface area contributed by atoms with Gasteiger partial charge in [-0.3, -0.25) is 0 Å². The van der Waals surface area contributed by atoms with Gasteiger partial charge in [-0.2, -0.15) is 0 Å². The molecule has 0 saturated heterocycles. The van der Waals surface area contributed by atoms with Crippen LogP contribution in [0, 0.1) is 0 Å². The molecule has 62 valence electrons. The van der Waals surface area contributed by atoms with Crippen LogP contribution >= 0.6 is 0 Å². The van der Waals surface area contributed by atoms with Gasteiger partial charge in [0.1, 0.15) is 0 Å². The Hall–Kier alpha value is -0.185. The molecular weight excluding hydrogens is 142 g/mol. The third-order valence-corrected chi connectivity index (χ3v) is 1.12. The van der Waals surface area contributed by atoms with Crippen LogP contribution in [-0.4, -0.2) is 31.9 Å². The Morgan fingerprint density at radius 2 is 1.80 bits per heavy atom. The van der Waals surface area contributed by atoms with E-state index in [1.54, 1.807) is 0 Å². The third kappa shape index (κ3) is 5.94. The smallest absolute Gasteiger partial charge is 0.448 e. The van der Waals surface area contributed by atoms with Crippen molar-refractivity contribution >= 4 is 6.98 Å². The summed E-state index contributed by atoms with van der Waals surface area (Å²) >= 11 is 0. The summed E-state index contributed by atoms with van der Waals surface area (Å²) in [4.78, 5) is 1.29. The van der Waals surface area contributed by atoms with Crippen molar-refractivity contribution in [3.63, 3.8) is 0 Å². The molecule has 1 nitrogen and oxygen atoms in total. The SMILES string of the molecule is CCCN(C)C[B-](F)(F)F. The molecule has 0 aliphatic heterocycles. The lowest BCUT2D eigenvalue weighted by atomic mass is 9.91. The summed E-state index contributed by atoms with van der Waals surface area (Å²) in [6.45, 7) is -2.25. The molecule has 0 spiro atoms. The summed E-state index contributed by atoms with van der Waals surface area (Å²) in [6, 6.07) is 0. The van der Waals surface area contributed by atoms with E-state index in [0.717, 1.165) is 6.42 Å². The topological polar surface area (TPSA) is 3.24 Å². The normalized spacial score (nSPS) is 12.6. The van der Waals surface area contributed by atoms with Crippen LogP contribution < -0.4 is 0 Å². The van der Waals surface area contributed by atoms with E-state index in [9.17, 15) is 12.9 Å². The molecule has 5 heteroatoms. The minimum Gasteiger partial charge on any atom is -0.448 e. The van der Waals surface area contributed by atoms with E-state index >= 15 is 0 Å². The van der Waals surface area contributed by atoms with Crippen molar-refractivity contribution in [1.82, 2.24) is 4.90 Å². The van der Waals surface area contributed by atoms with Crippen LogP contribution in [0.15, 0.2) is 0 Å². The third-order valence-electron chi connectivity index (χ3n) is 1.12. The Balaban J connectivity index is 3.47. The molecule has 0 radical (unpaired) electrons. The average Bonchev–Trinajstić information content (AvgIpc) is 1.59. The zero-order valence-electron chi connectivity index (χ0n) is 6.28. The highest BCUT2D eigenvalue weighted by atomic mass is 19.4. The highest BCUT2D eigenvalue weighted by Gasteiger charge is 2.24. The van der Waals surface area contributed by atoms with Gasteiger partial charge in [0.15, 0.2) is 0 Å². The van der Waals surface area contributed by atoms with Gasteiger partial charge in [0.2, 0.25) is 0 Å². The van der Waals surface area contributed by atoms with Crippen LogP contribution in [0.4, 0.5) is 12.9 Å². The molecule has 0 aromatic heterocycles. The predicted octanol–water partition coefficient (Wildman–Crippen LogP) is 1.71. The Bertz CT molecular complexity index is 93.4. The first-order chi connectivity index (χ1) is 4.45. The molecule has 0 rings (SSSR count). The second kappa shape index (κ2) is 3.86. The van der Waals surface area contributed by atoms with Gasteiger partial charge >= 0.3 is 6.98 Å². The van der Waals surface area contributed by atoms with Crippen LogP contribution in [0.1, 0.15) is 13.3 Å². The minimum absolute atomic E-state index is 0.515. The zero-order chi connectivity index (χ0) is 8.20. The maximum atomic E-state index is 11.7. The van der Waals surface area contributed by atoms with Crippen molar-refractivity contribution in [2.75, 3.05) is 20.0 Å². The van der Waals surface area contributed by atoms with Gasteiger partial charge in [0.05, 0.1) is 0 Å². The molecule has 0 aromatic carbocycles. The van der Waals surface area contributed by atoms with E-state index < -0.39 is 13.4 Å². The predicted molar refractivity (Wildman–Crippen MR) is 36.9 cm³/mol. The maximum Gasteiger partial charge on any atom is 0.492 e. The van der Waals surface area contributed by atoms with Crippen molar-refractivity contribution < 1.29 is 12.9 Å². The molecule has 0 atom stereocenters. The first-order valence-corrected chi connectivity index (χ1v) is 3.35. The van der Waals surface area contributed by atoms with Crippen LogP contribution in [0.25, 0.3) is 0 Å². The minimum atomic E-state index is -4.63. The van der Waals surface area contributed by atoms with E-state index in [0.29, 0.717) is 6.54 Å². The lowest BCUT2D eigenvalue weighted by Crippen LogP contribution is -2.35. The van der Waals surface area contributed by atoms with E-state index in [-0.39, 0.29) is 0 Å². The zero-order valence-corrected chi connectivity index (χ0v) is 6.28.